The molecule has 0 spiro atoms. The number of aromatic carboxylic acids is 1. The van der Waals surface area contributed by atoms with Crippen LogP contribution in [0.2, 0.25) is 0 Å². The van der Waals surface area contributed by atoms with E-state index in [-0.39, 0.29) is 11.3 Å². The van der Waals surface area contributed by atoms with E-state index in [9.17, 15) is 9.90 Å². The first kappa shape index (κ1) is 19.8. The molecule has 0 radical (unpaired) electrons. The summed E-state index contributed by atoms with van der Waals surface area (Å²) in [7, 11) is 0. The zero-order valence-corrected chi connectivity index (χ0v) is 17.3. The molecule has 3 aromatic carbocycles. The van der Waals surface area contributed by atoms with Gasteiger partial charge in [0, 0.05) is 19.4 Å². The van der Waals surface area contributed by atoms with Crippen LogP contribution in [0.15, 0.2) is 85.0 Å². The quantitative estimate of drug-likeness (QED) is 0.218. The Morgan fingerprint density at radius 2 is 1.75 bits per heavy atom. The highest BCUT2D eigenvalue weighted by molar-refractivity contribution is 9.11. The molecule has 9 heteroatoms. The number of benzene rings is 3. The average Bonchev–Trinajstić information content (AvgIpc) is 2.68. The number of halogens is 2. The van der Waals surface area contributed by atoms with Gasteiger partial charge in [-0.3, -0.25) is 0 Å². The monoisotopic (exact) mass is 499 g/mol. The van der Waals surface area contributed by atoms with E-state index < -0.39 is 5.97 Å². The first-order valence-electron chi connectivity index (χ1n) is 7.89. The molecule has 0 aliphatic rings. The fourth-order valence-electron chi connectivity index (χ4n) is 2.59. The Morgan fingerprint density at radius 3 is 2.43 bits per heavy atom. The van der Waals surface area contributed by atoms with Crippen molar-refractivity contribution in [1.82, 2.24) is 0 Å². The van der Waals surface area contributed by atoms with Crippen LogP contribution in [0.1, 0.15) is 10.4 Å². The Morgan fingerprint density at radius 1 is 1.00 bits per heavy atom. The van der Waals surface area contributed by atoms with Crippen LogP contribution in [0, 0.1) is 0 Å². The molecule has 0 aliphatic heterocycles. The molecule has 3 rings (SSSR count). The summed E-state index contributed by atoms with van der Waals surface area (Å²) in [6, 6.07) is 17.3. The summed E-state index contributed by atoms with van der Waals surface area (Å²) in [6.45, 7) is 0. The second-order valence-electron chi connectivity index (χ2n) is 5.51. The van der Waals surface area contributed by atoms with E-state index in [0.29, 0.717) is 31.4 Å². The van der Waals surface area contributed by atoms with Crippen molar-refractivity contribution in [2.24, 2.45) is 15.3 Å². The predicted octanol–water partition coefficient (Wildman–Crippen LogP) is 7.93. The zero-order valence-electron chi connectivity index (χ0n) is 14.1. The van der Waals surface area contributed by atoms with Crippen molar-refractivity contribution in [3.63, 3.8) is 0 Å². The van der Waals surface area contributed by atoms with Gasteiger partial charge in [0.1, 0.15) is 0 Å². The first-order valence-corrected chi connectivity index (χ1v) is 9.47. The van der Waals surface area contributed by atoms with E-state index in [4.69, 9.17) is 5.53 Å². The summed E-state index contributed by atoms with van der Waals surface area (Å²) in [6.07, 6.45) is 0. The molecule has 0 amide bonds. The first-order chi connectivity index (χ1) is 13.5. The molecule has 7 nitrogen and oxygen atoms in total. The minimum atomic E-state index is -1.11. The van der Waals surface area contributed by atoms with E-state index in [1.807, 2.05) is 18.2 Å². The van der Waals surface area contributed by atoms with Crippen molar-refractivity contribution in [2.45, 2.75) is 0 Å². The van der Waals surface area contributed by atoms with Crippen LogP contribution in [0.25, 0.3) is 21.6 Å². The number of rotatable bonds is 5. The third-order valence-electron chi connectivity index (χ3n) is 3.74. The van der Waals surface area contributed by atoms with Gasteiger partial charge in [-0.2, -0.15) is 10.2 Å². The molecule has 28 heavy (non-hydrogen) atoms. The fraction of sp³-hybridized carbons (Fsp3) is 0. The predicted molar refractivity (Wildman–Crippen MR) is 114 cm³/mol. The lowest BCUT2D eigenvalue weighted by molar-refractivity contribution is 0.0697. The van der Waals surface area contributed by atoms with Gasteiger partial charge in [-0.05, 0) is 41.4 Å². The van der Waals surface area contributed by atoms with Gasteiger partial charge < -0.3 is 5.11 Å². The molecule has 138 valence electrons. The standard InChI is InChI=1S/C19H11Br2N5O2/c20-11-9-14(19(27)28)17(15(21)10-11)13-7-4-8-16(18(13)25-26-22)24-23-12-5-2-1-3-6-12/h1-10H,(H,27,28). The Labute approximate surface area is 176 Å². The Kier molecular flexibility index (Phi) is 6.20. The van der Waals surface area contributed by atoms with Gasteiger partial charge in [-0.15, -0.1) is 0 Å². The highest BCUT2D eigenvalue weighted by Gasteiger charge is 2.20. The summed E-state index contributed by atoms with van der Waals surface area (Å²) < 4.78 is 1.14. The highest BCUT2D eigenvalue weighted by atomic mass is 79.9. The Hall–Kier alpha value is -3.00. The van der Waals surface area contributed by atoms with Crippen molar-refractivity contribution in [3.05, 3.63) is 85.6 Å². The lowest BCUT2D eigenvalue weighted by atomic mass is 9.97. The van der Waals surface area contributed by atoms with Crippen LogP contribution < -0.4 is 0 Å². The molecule has 0 saturated carbocycles. The highest BCUT2D eigenvalue weighted by Crippen LogP contribution is 2.44. The van der Waals surface area contributed by atoms with Crippen LogP contribution in [-0.2, 0) is 0 Å². The smallest absolute Gasteiger partial charge is 0.336 e. The van der Waals surface area contributed by atoms with Gasteiger partial charge in [0.25, 0.3) is 0 Å². The minimum Gasteiger partial charge on any atom is -0.478 e. The summed E-state index contributed by atoms with van der Waals surface area (Å²) in [5, 5.41) is 21.7. The lowest BCUT2D eigenvalue weighted by Crippen LogP contribution is -2.01. The van der Waals surface area contributed by atoms with Gasteiger partial charge in [0.05, 0.1) is 22.6 Å². The lowest BCUT2D eigenvalue weighted by Gasteiger charge is -2.13. The third kappa shape index (κ3) is 4.28. The number of carboxylic acid groups (broad SMARTS) is 1. The fourth-order valence-corrected chi connectivity index (χ4v) is 4.02. The molecule has 3 aromatic rings. The molecule has 0 fully saturated rings. The van der Waals surface area contributed by atoms with E-state index in [2.05, 4.69) is 52.1 Å². The number of hydrogen-bond donors (Lipinski definition) is 1. The maximum absolute atomic E-state index is 11.8. The summed E-state index contributed by atoms with van der Waals surface area (Å²) in [5.41, 5.74) is 11.1. The molecule has 0 bridgehead atoms. The SMILES string of the molecule is [N-]=[N+]=Nc1c(N=Nc2ccccc2)cccc1-c1c(Br)cc(Br)cc1C(=O)O. The van der Waals surface area contributed by atoms with Crippen molar-refractivity contribution in [2.75, 3.05) is 0 Å². The number of nitrogens with zero attached hydrogens (tertiary/aromatic N) is 5. The van der Waals surface area contributed by atoms with Crippen molar-refractivity contribution >= 4 is 54.9 Å². The minimum absolute atomic E-state index is 0.0489. The van der Waals surface area contributed by atoms with Gasteiger partial charge in [0.15, 0.2) is 0 Å². The van der Waals surface area contributed by atoms with Crippen molar-refractivity contribution < 1.29 is 9.90 Å². The van der Waals surface area contributed by atoms with E-state index in [1.165, 1.54) is 6.07 Å². The molecule has 1 N–H and O–H groups in total. The Balaban J connectivity index is 2.23. The van der Waals surface area contributed by atoms with E-state index >= 15 is 0 Å². The molecule has 0 unspecified atom stereocenters. The summed E-state index contributed by atoms with van der Waals surface area (Å²) in [4.78, 5) is 14.7. The molecule has 0 aromatic heterocycles. The molecular weight excluding hydrogens is 490 g/mol. The maximum atomic E-state index is 11.8. The second-order valence-corrected chi connectivity index (χ2v) is 7.28. The van der Waals surface area contributed by atoms with E-state index in [1.54, 1.807) is 36.4 Å². The molecule has 0 heterocycles. The van der Waals surface area contributed by atoms with Gasteiger partial charge in [-0.25, -0.2) is 4.79 Å². The molecule has 0 atom stereocenters. The number of hydrogen-bond acceptors (Lipinski definition) is 4. The van der Waals surface area contributed by atoms with Crippen LogP contribution in [0.3, 0.4) is 0 Å². The maximum Gasteiger partial charge on any atom is 0.336 e. The second kappa shape index (κ2) is 8.79. The number of azide groups is 1. The van der Waals surface area contributed by atoms with Crippen molar-refractivity contribution in [3.8, 4) is 11.1 Å². The van der Waals surface area contributed by atoms with Gasteiger partial charge >= 0.3 is 5.97 Å². The number of azo groups is 1. The molecule has 0 saturated heterocycles. The summed E-state index contributed by atoms with van der Waals surface area (Å²) >= 11 is 6.70. The number of carboxylic acids is 1. The van der Waals surface area contributed by atoms with Gasteiger partial charge in [0.2, 0.25) is 0 Å². The molecule has 0 aliphatic carbocycles. The number of carbonyl (C=O) groups is 1. The van der Waals surface area contributed by atoms with Gasteiger partial charge in [-0.1, -0.05) is 67.3 Å². The zero-order chi connectivity index (χ0) is 20.1. The normalized spacial score (nSPS) is 10.6. The van der Waals surface area contributed by atoms with Crippen LogP contribution in [0.4, 0.5) is 17.1 Å². The third-order valence-corrected chi connectivity index (χ3v) is 4.83. The van der Waals surface area contributed by atoms with Crippen molar-refractivity contribution in [1.29, 1.82) is 0 Å². The largest absolute Gasteiger partial charge is 0.478 e. The Bertz CT molecular complexity index is 1130. The van der Waals surface area contributed by atoms with Crippen LogP contribution >= 0.6 is 31.9 Å². The summed E-state index contributed by atoms with van der Waals surface area (Å²) in [5.74, 6) is -1.11. The topological polar surface area (TPSA) is 111 Å². The average molecular weight is 501 g/mol. The van der Waals surface area contributed by atoms with E-state index in [0.717, 1.165) is 0 Å². The molecular formula is C19H11Br2N5O2. The van der Waals surface area contributed by atoms with Crippen LogP contribution in [-0.4, -0.2) is 11.1 Å². The van der Waals surface area contributed by atoms with Crippen LogP contribution in [0.5, 0.6) is 0 Å².